The van der Waals surface area contributed by atoms with Gasteiger partial charge in [-0.3, -0.25) is 0 Å². The molecule has 0 N–H and O–H groups in total. The quantitative estimate of drug-likeness (QED) is 0.128. The molecule has 0 fully saturated rings. The Morgan fingerprint density at radius 1 is 0.698 bits per heavy atom. The molecule has 0 amide bonds. The van der Waals surface area contributed by atoms with Gasteiger partial charge in [0, 0.05) is 55.8 Å². The normalized spacial score (nSPS) is 14.2. The summed E-state index contributed by atoms with van der Waals surface area (Å²) in [4.78, 5) is 7.28. The Balaban J connectivity index is 0.00000410. The molecule has 6 nitrogen and oxygen atoms in total. The molecule has 0 spiro atoms. The number of pyridine rings is 1. The monoisotopic (exact) mass is 869 g/mol. The summed E-state index contributed by atoms with van der Waals surface area (Å²) < 4.78 is 35.6. The molecular weight excluding hydrogens is 834 g/mol. The van der Waals surface area contributed by atoms with Gasteiger partial charge in [0.15, 0.2) is 0 Å². The van der Waals surface area contributed by atoms with E-state index in [1.807, 2.05) is 60.8 Å². The molecule has 10 rings (SSSR count). The van der Waals surface area contributed by atoms with Crippen molar-refractivity contribution in [1.29, 1.82) is 0 Å². The summed E-state index contributed by atoms with van der Waals surface area (Å²) in [6, 6.07) is 53.5. The van der Waals surface area contributed by atoms with Crippen molar-refractivity contribution in [2.75, 3.05) is 4.90 Å². The van der Waals surface area contributed by atoms with E-state index in [1.54, 1.807) is 10.6 Å². The number of aryl methyl sites for hydroxylation is 1. The molecule has 4 heterocycles. The summed E-state index contributed by atoms with van der Waals surface area (Å²) in [5.74, 6) is 1.71. The van der Waals surface area contributed by atoms with Gasteiger partial charge in [0.25, 0.3) is 0 Å². The van der Waals surface area contributed by atoms with E-state index in [0.717, 1.165) is 44.7 Å². The predicted octanol–water partition coefficient (Wildman–Crippen LogP) is 10.2. The molecule has 0 aliphatic carbocycles. The third-order valence-electron chi connectivity index (χ3n) is 10.2. The molecule has 0 saturated heterocycles. The molecule has 0 bridgehead atoms. The van der Waals surface area contributed by atoms with E-state index in [2.05, 4.69) is 121 Å². The Morgan fingerprint density at radius 3 is 2.19 bits per heavy atom. The Bertz CT molecular complexity index is 2920. The molecule has 3 aromatic heterocycles. The van der Waals surface area contributed by atoms with Gasteiger partial charge >= 0.3 is 0 Å². The summed E-state index contributed by atoms with van der Waals surface area (Å²) in [7, 11) is 0. The van der Waals surface area contributed by atoms with Crippen LogP contribution in [0.4, 0.5) is 17.1 Å². The van der Waals surface area contributed by atoms with Gasteiger partial charge in [-0.15, -0.1) is 29.7 Å². The van der Waals surface area contributed by atoms with E-state index in [-0.39, 0.29) is 26.5 Å². The molecule has 9 aromatic rings. The fraction of sp³-hybridized carbons (Fsp3) is 0.0870. The molecule has 0 radical (unpaired) electrons. The first kappa shape index (κ1) is 29.6. The van der Waals surface area contributed by atoms with Crippen molar-refractivity contribution < 1.29 is 34.5 Å². The number of nitrogens with zero attached hydrogens (tertiary/aromatic N) is 5. The van der Waals surface area contributed by atoms with Gasteiger partial charge < -0.3 is 23.3 Å². The van der Waals surface area contributed by atoms with Gasteiger partial charge in [-0.2, -0.15) is 18.2 Å². The van der Waals surface area contributed by atoms with E-state index in [1.165, 1.54) is 15.7 Å². The van der Waals surface area contributed by atoms with Crippen LogP contribution in [-0.4, -0.2) is 14.1 Å². The number of hydrogen-bond acceptors (Lipinski definition) is 3. The molecule has 0 unspecified atom stereocenters. The molecule has 260 valence electrons. The van der Waals surface area contributed by atoms with Crippen molar-refractivity contribution in [3.05, 3.63) is 175 Å². The van der Waals surface area contributed by atoms with Crippen LogP contribution in [0.3, 0.4) is 0 Å². The number of anilines is 3. The summed E-state index contributed by atoms with van der Waals surface area (Å²) in [6.45, 7) is 2.19. The van der Waals surface area contributed by atoms with Crippen molar-refractivity contribution >= 4 is 49.9 Å². The van der Waals surface area contributed by atoms with Crippen LogP contribution >= 0.6 is 0 Å². The standard InChI is InChI=1S/C46H33N5O.Pt/c1-46(2)37-16-5-8-19-40(37)50(41-20-9-6-17-38(41)46)32-25-26-47-45(28-32)51-39-18-7-4-15-35(39)36-24-23-34(29-44(36)51)52-33-14-12-13-31(27-33)49-30-48(3)42-21-10-11-22-43(42)49;/h4-26,28H,1-3H3;/q-2;/i3D3;. The van der Waals surface area contributed by atoms with Crippen LogP contribution in [-0.2, 0) is 33.5 Å². The second-order valence-corrected chi connectivity index (χ2v) is 13.6. The largest absolute Gasteiger partial charge is 0.510 e. The topological polar surface area (TPSA) is 39.1 Å². The first-order valence-electron chi connectivity index (χ1n) is 18.7. The van der Waals surface area contributed by atoms with Gasteiger partial charge in [-0.25, -0.2) is 4.98 Å². The number of rotatable bonds is 5. The number of ether oxygens (including phenoxy) is 1. The number of aromatic nitrogens is 4. The Kier molecular flexibility index (Phi) is 7.04. The van der Waals surface area contributed by atoms with E-state index < -0.39 is 6.98 Å². The zero-order valence-corrected chi connectivity index (χ0v) is 31.1. The third-order valence-corrected chi connectivity index (χ3v) is 10.2. The van der Waals surface area contributed by atoms with Crippen LogP contribution in [0.25, 0.3) is 44.3 Å². The summed E-state index contributed by atoms with van der Waals surface area (Å²) in [5.41, 5.74) is 9.31. The maximum Gasteiger partial charge on any atom is 0.242 e. The second kappa shape index (κ2) is 12.6. The molecular formula is C46H33N5OPt-2. The summed E-state index contributed by atoms with van der Waals surface area (Å²) >= 11 is 0. The zero-order valence-electron chi connectivity index (χ0n) is 31.8. The van der Waals surface area contributed by atoms with Crippen molar-refractivity contribution in [2.45, 2.75) is 19.3 Å². The smallest absolute Gasteiger partial charge is 0.242 e. The van der Waals surface area contributed by atoms with Crippen LogP contribution in [0.15, 0.2) is 146 Å². The zero-order chi connectivity index (χ0) is 37.5. The SMILES string of the molecule is [2H]C([2H])([2H])[n+]1[c-]n(-c2[c-]c(Oc3[c-]c4c(cc3)c3ccccc3n4-c3cc(N4c5ccccc5C(C)(C)c5ccccc54)ccn3)ccc2)c2ccccc21.[Pt]. The summed E-state index contributed by atoms with van der Waals surface area (Å²) in [5, 5.41) is 2.10. The van der Waals surface area contributed by atoms with Gasteiger partial charge in [-0.1, -0.05) is 104 Å². The molecule has 1 aliphatic heterocycles. The van der Waals surface area contributed by atoms with Crippen LogP contribution in [0, 0.1) is 18.5 Å². The van der Waals surface area contributed by atoms with Crippen LogP contribution in [0.2, 0.25) is 0 Å². The minimum atomic E-state index is -2.39. The predicted molar refractivity (Wildman–Crippen MR) is 206 cm³/mol. The number of benzene rings is 6. The van der Waals surface area contributed by atoms with Gasteiger partial charge in [0.05, 0.1) is 39.2 Å². The first-order valence-corrected chi connectivity index (χ1v) is 17.2. The van der Waals surface area contributed by atoms with Crippen LogP contribution in [0.1, 0.15) is 29.1 Å². The Hall–Kier alpha value is -5.97. The second-order valence-electron chi connectivity index (χ2n) is 13.6. The van der Waals surface area contributed by atoms with Crippen molar-refractivity contribution in [1.82, 2.24) is 14.1 Å². The molecule has 1 aliphatic rings. The molecule has 0 saturated carbocycles. The van der Waals surface area contributed by atoms with Crippen molar-refractivity contribution in [3.8, 4) is 23.0 Å². The fourth-order valence-electron chi connectivity index (χ4n) is 7.77. The van der Waals surface area contributed by atoms with Crippen LogP contribution < -0.4 is 14.2 Å². The van der Waals surface area contributed by atoms with Crippen LogP contribution in [0.5, 0.6) is 11.5 Å². The Labute approximate surface area is 326 Å². The number of imidazole rings is 1. The maximum atomic E-state index is 8.05. The third kappa shape index (κ3) is 5.20. The minimum absolute atomic E-state index is 0. The van der Waals surface area contributed by atoms with E-state index in [0.29, 0.717) is 28.2 Å². The minimum Gasteiger partial charge on any atom is -0.510 e. The van der Waals surface area contributed by atoms with E-state index in [4.69, 9.17) is 13.8 Å². The maximum absolute atomic E-state index is 8.05. The Morgan fingerprint density at radius 2 is 1.40 bits per heavy atom. The first-order chi connectivity index (χ1) is 26.7. The molecule has 6 aromatic carbocycles. The molecule has 7 heteroatoms. The van der Waals surface area contributed by atoms with E-state index >= 15 is 0 Å². The fourth-order valence-corrected chi connectivity index (χ4v) is 7.77. The van der Waals surface area contributed by atoms with Gasteiger partial charge in [-0.05, 0) is 40.8 Å². The van der Waals surface area contributed by atoms with Crippen molar-refractivity contribution in [2.24, 2.45) is 6.98 Å². The molecule has 53 heavy (non-hydrogen) atoms. The van der Waals surface area contributed by atoms with Gasteiger partial charge in [0.2, 0.25) is 6.33 Å². The number of hydrogen-bond donors (Lipinski definition) is 0. The average molecular weight is 870 g/mol. The molecule has 0 atom stereocenters. The van der Waals surface area contributed by atoms with Crippen molar-refractivity contribution in [3.63, 3.8) is 0 Å². The average Bonchev–Trinajstić information content (AvgIpc) is 3.75. The van der Waals surface area contributed by atoms with Gasteiger partial charge in [0.1, 0.15) is 5.82 Å². The van der Waals surface area contributed by atoms with E-state index in [9.17, 15) is 0 Å². The summed E-state index contributed by atoms with van der Waals surface area (Å²) in [6.07, 6.45) is 4.88. The number of para-hydroxylation sites is 5. The number of fused-ring (bicyclic) bond motifs is 6.